The summed E-state index contributed by atoms with van der Waals surface area (Å²) in [6.07, 6.45) is 11.1. The summed E-state index contributed by atoms with van der Waals surface area (Å²) in [7, 11) is 0. The minimum absolute atomic E-state index is 0.173. The molecule has 1 aliphatic rings. The first-order valence-electron chi connectivity index (χ1n) is 10.1. The number of rotatable bonds is 10. The van der Waals surface area contributed by atoms with Crippen LogP contribution in [-0.4, -0.2) is 17.0 Å². The molecule has 0 bridgehead atoms. The van der Waals surface area contributed by atoms with Gasteiger partial charge in [0.25, 0.3) is 0 Å². The summed E-state index contributed by atoms with van der Waals surface area (Å²) < 4.78 is 5.49. The van der Waals surface area contributed by atoms with Crippen LogP contribution in [0.3, 0.4) is 0 Å². The van der Waals surface area contributed by atoms with Crippen molar-refractivity contribution in [3.8, 4) is 5.75 Å². The highest BCUT2D eigenvalue weighted by Crippen LogP contribution is 2.30. The van der Waals surface area contributed by atoms with Crippen LogP contribution in [-0.2, 0) is 16.0 Å². The lowest BCUT2D eigenvalue weighted by atomic mass is 9.82. The SMILES string of the molecule is CCCCCCCCc1ccc(OC(=O)C2CCC(C(=O)O)CC2)cc1. The van der Waals surface area contributed by atoms with Crippen LogP contribution in [0.1, 0.15) is 76.7 Å². The Bertz CT molecular complexity index is 556. The summed E-state index contributed by atoms with van der Waals surface area (Å²) >= 11 is 0. The van der Waals surface area contributed by atoms with E-state index in [9.17, 15) is 9.59 Å². The molecule has 0 saturated heterocycles. The summed E-state index contributed by atoms with van der Waals surface area (Å²) in [5.74, 6) is -0.869. The fourth-order valence-corrected chi connectivity index (χ4v) is 3.61. The summed E-state index contributed by atoms with van der Waals surface area (Å²) in [5.41, 5.74) is 1.28. The highest BCUT2D eigenvalue weighted by atomic mass is 16.5. The van der Waals surface area contributed by atoms with Crippen LogP contribution in [0.4, 0.5) is 0 Å². The molecule has 0 radical (unpaired) electrons. The number of carbonyl (C=O) groups is 2. The van der Waals surface area contributed by atoms with E-state index in [1.165, 1.54) is 44.1 Å². The zero-order valence-corrected chi connectivity index (χ0v) is 15.9. The molecule has 0 amide bonds. The van der Waals surface area contributed by atoms with Gasteiger partial charge in [-0.2, -0.15) is 0 Å². The highest BCUT2D eigenvalue weighted by Gasteiger charge is 2.30. The van der Waals surface area contributed by atoms with Crippen molar-refractivity contribution < 1.29 is 19.4 Å². The van der Waals surface area contributed by atoms with Crippen molar-refractivity contribution >= 4 is 11.9 Å². The molecule has 1 fully saturated rings. The number of benzene rings is 1. The van der Waals surface area contributed by atoms with Gasteiger partial charge in [-0.3, -0.25) is 9.59 Å². The van der Waals surface area contributed by atoms with Gasteiger partial charge in [-0.25, -0.2) is 0 Å². The van der Waals surface area contributed by atoms with Crippen LogP contribution >= 0.6 is 0 Å². The van der Waals surface area contributed by atoms with Crippen molar-refractivity contribution in [2.24, 2.45) is 11.8 Å². The zero-order valence-electron chi connectivity index (χ0n) is 15.9. The first-order chi connectivity index (χ1) is 12.6. The number of aryl methyl sites for hydroxylation is 1. The van der Waals surface area contributed by atoms with Crippen molar-refractivity contribution in [3.05, 3.63) is 29.8 Å². The number of carboxylic acid groups (broad SMARTS) is 1. The predicted octanol–water partition coefficient (Wildman–Crippen LogP) is 5.39. The van der Waals surface area contributed by atoms with Gasteiger partial charge in [-0.15, -0.1) is 0 Å². The van der Waals surface area contributed by atoms with Crippen LogP contribution < -0.4 is 4.74 Å². The fraction of sp³-hybridized carbons (Fsp3) is 0.636. The van der Waals surface area contributed by atoms with E-state index in [-0.39, 0.29) is 17.8 Å². The molecular weight excluding hydrogens is 328 g/mol. The van der Waals surface area contributed by atoms with E-state index in [4.69, 9.17) is 9.84 Å². The molecule has 0 unspecified atom stereocenters. The lowest BCUT2D eigenvalue weighted by Crippen LogP contribution is -2.28. The summed E-state index contributed by atoms with van der Waals surface area (Å²) in [6.45, 7) is 2.23. The van der Waals surface area contributed by atoms with Crippen molar-refractivity contribution in [2.45, 2.75) is 77.6 Å². The highest BCUT2D eigenvalue weighted by molar-refractivity contribution is 5.76. The van der Waals surface area contributed by atoms with Crippen molar-refractivity contribution in [1.29, 1.82) is 0 Å². The Labute approximate surface area is 156 Å². The Hall–Kier alpha value is -1.84. The van der Waals surface area contributed by atoms with E-state index in [0.717, 1.165) is 6.42 Å². The lowest BCUT2D eigenvalue weighted by Gasteiger charge is -2.24. The van der Waals surface area contributed by atoms with Gasteiger partial charge >= 0.3 is 11.9 Å². The quantitative estimate of drug-likeness (QED) is 0.345. The number of aliphatic carboxylic acids is 1. The maximum absolute atomic E-state index is 12.3. The van der Waals surface area contributed by atoms with Gasteiger partial charge < -0.3 is 9.84 Å². The molecule has 1 aromatic rings. The molecule has 1 N–H and O–H groups in total. The Balaban J connectivity index is 1.70. The largest absolute Gasteiger partial charge is 0.481 e. The topological polar surface area (TPSA) is 63.6 Å². The molecule has 1 aliphatic carbocycles. The van der Waals surface area contributed by atoms with E-state index >= 15 is 0 Å². The first-order valence-corrected chi connectivity index (χ1v) is 10.1. The minimum atomic E-state index is -0.752. The van der Waals surface area contributed by atoms with Gasteiger partial charge in [0.05, 0.1) is 11.8 Å². The van der Waals surface area contributed by atoms with Gasteiger partial charge in [0, 0.05) is 0 Å². The normalized spacial score (nSPS) is 19.9. The van der Waals surface area contributed by atoms with Crippen LogP contribution in [0.25, 0.3) is 0 Å². The molecule has 4 nitrogen and oxygen atoms in total. The van der Waals surface area contributed by atoms with Gasteiger partial charge in [0.2, 0.25) is 0 Å². The molecule has 144 valence electrons. The molecule has 1 saturated carbocycles. The number of unbranched alkanes of at least 4 members (excludes halogenated alkanes) is 5. The second-order valence-corrected chi connectivity index (χ2v) is 7.47. The molecule has 0 aromatic heterocycles. The van der Waals surface area contributed by atoms with Gasteiger partial charge in [0.15, 0.2) is 0 Å². The third kappa shape index (κ3) is 6.81. The minimum Gasteiger partial charge on any atom is -0.481 e. The van der Waals surface area contributed by atoms with Crippen molar-refractivity contribution in [3.63, 3.8) is 0 Å². The van der Waals surface area contributed by atoms with E-state index in [0.29, 0.717) is 31.4 Å². The Morgan fingerprint density at radius 3 is 2.12 bits per heavy atom. The predicted molar refractivity (Wildman–Crippen MR) is 102 cm³/mol. The van der Waals surface area contributed by atoms with Crippen molar-refractivity contribution in [2.75, 3.05) is 0 Å². The van der Waals surface area contributed by atoms with E-state index in [2.05, 4.69) is 6.92 Å². The number of carboxylic acids is 1. The molecule has 0 heterocycles. The smallest absolute Gasteiger partial charge is 0.314 e. The fourth-order valence-electron chi connectivity index (χ4n) is 3.61. The number of carbonyl (C=O) groups excluding carboxylic acids is 1. The molecular formula is C22H32O4. The van der Waals surface area contributed by atoms with Crippen LogP contribution in [0.15, 0.2) is 24.3 Å². The molecule has 0 aliphatic heterocycles. The van der Waals surface area contributed by atoms with Crippen LogP contribution in [0.2, 0.25) is 0 Å². The van der Waals surface area contributed by atoms with Crippen LogP contribution in [0, 0.1) is 11.8 Å². The van der Waals surface area contributed by atoms with Gasteiger partial charge in [-0.1, -0.05) is 51.2 Å². The third-order valence-corrected chi connectivity index (χ3v) is 5.37. The van der Waals surface area contributed by atoms with E-state index in [1.54, 1.807) is 0 Å². The molecule has 4 heteroatoms. The van der Waals surface area contributed by atoms with E-state index in [1.807, 2.05) is 24.3 Å². The second-order valence-electron chi connectivity index (χ2n) is 7.47. The third-order valence-electron chi connectivity index (χ3n) is 5.37. The summed E-state index contributed by atoms with van der Waals surface area (Å²) in [6, 6.07) is 7.81. The molecule has 1 aromatic carbocycles. The Morgan fingerprint density at radius 1 is 0.923 bits per heavy atom. The van der Waals surface area contributed by atoms with Crippen LogP contribution in [0.5, 0.6) is 5.75 Å². The first kappa shape index (κ1) is 20.5. The second kappa shape index (κ2) is 11.0. The maximum Gasteiger partial charge on any atom is 0.314 e. The monoisotopic (exact) mass is 360 g/mol. The zero-order chi connectivity index (χ0) is 18.8. The lowest BCUT2D eigenvalue weighted by molar-refractivity contribution is -0.146. The number of ether oxygens (including phenoxy) is 1. The standard InChI is InChI=1S/C22H32O4/c1-2-3-4-5-6-7-8-17-9-15-20(16-10-17)26-22(25)19-13-11-18(12-14-19)21(23)24/h9-10,15-16,18-19H,2-8,11-14H2,1H3,(H,23,24). The maximum atomic E-state index is 12.3. The van der Waals surface area contributed by atoms with E-state index < -0.39 is 5.97 Å². The molecule has 0 atom stereocenters. The average Bonchev–Trinajstić information content (AvgIpc) is 2.66. The number of hydrogen-bond donors (Lipinski definition) is 1. The Kier molecular flexibility index (Phi) is 8.66. The van der Waals surface area contributed by atoms with Gasteiger partial charge in [-0.05, 0) is 56.2 Å². The average molecular weight is 360 g/mol. The molecule has 26 heavy (non-hydrogen) atoms. The molecule has 0 spiro atoms. The molecule has 2 rings (SSSR count). The summed E-state index contributed by atoms with van der Waals surface area (Å²) in [5, 5.41) is 9.02. The number of hydrogen-bond acceptors (Lipinski definition) is 3. The van der Waals surface area contributed by atoms with Gasteiger partial charge in [0.1, 0.15) is 5.75 Å². The summed E-state index contributed by atoms with van der Waals surface area (Å²) in [4.78, 5) is 23.2. The Morgan fingerprint density at radius 2 is 1.50 bits per heavy atom. The number of esters is 1. The van der Waals surface area contributed by atoms with Crippen molar-refractivity contribution in [1.82, 2.24) is 0 Å².